The topological polar surface area (TPSA) is 45.8 Å². The zero-order valence-corrected chi connectivity index (χ0v) is 18.5. The van der Waals surface area contributed by atoms with E-state index < -0.39 is 6.10 Å². The van der Waals surface area contributed by atoms with Gasteiger partial charge in [0, 0.05) is 17.6 Å². The van der Waals surface area contributed by atoms with Crippen LogP contribution < -0.4 is 4.74 Å². The van der Waals surface area contributed by atoms with Crippen molar-refractivity contribution in [2.75, 3.05) is 13.2 Å². The number of hydrogen-bond donors (Lipinski definition) is 1. The van der Waals surface area contributed by atoms with Crippen molar-refractivity contribution >= 4 is 15.9 Å². The molecule has 1 atom stereocenters. The number of benzene rings is 2. The second-order valence-corrected chi connectivity index (χ2v) is 8.48. The lowest BCUT2D eigenvalue weighted by molar-refractivity contribution is 0.0604. The van der Waals surface area contributed by atoms with Gasteiger partial charge in [-0.05, 0) is 53.4 Å². The van der Waals surface area contributed by atoms with Crippen molar-refractivity contribution in [3.63, 3.8) is 0 Å². The molecule has 1 aromatic heterocycles. The third kappa shape index (κ3) is 7.03. The fraction of sp³-hybridized carbons (Fsp3) is 0.333. The molecular weight excluding hydrogens is 430 g/mol. The molecule has 0 aliphatic carbocycles. The molecule has 0 bridgehead atoms. The number of aliphatic hydroxyl groups excluding tert-OH is 1. The zero-order valence-electron chi connectivity index (χ0n) is 16.9. The van der Waals surface area contributed by atoms with Gasteiger partial charge in [-0.1, -0.05) is 54.0 Å². The summed E-state index contributed by atoms with van der Waals surface area (Å²) in [5.41, 5.74) is 2.54. The first kappa shape index (κ1) is 21.6. The van der Waals surface area contributed by atoms with Gasteiger partial charge in [-0.15, -0.1) is 0 Å². The summed E-state index contributed by atoms with van der Waals surface area (Å²) in [4.78, 5) is 2.18. The second kappa shape index (κ2) is 10.6. The van der Waals surface area contributed by atoms with E-state index in [0.717, 1.165) is 22.5 Å². The first-order valence-corrected chi connectivity index (χ1v) is 10.7. The molecule has 0 saturated carbocycles. The average Bonchev–Trinajstić information content (AvgIpc) is 3.21. The van der Waals surface area contributed by atoms with E-state index >= 15 is 0 Å². The molecule has 29 heavy (non-hydrogen) atoms. The summed E-state index contributed by atoms with van der Waals surface area (Å²) in [7, 11) is 0. The van der Waals surface area contributed by atoms with E-state index in [4.69, 9.17) is 9.15 Å². The van der Waals surface area contributed by atoms with Crippen molar-refractivity contribution in [1.82, 2.24) is 4.90 Å². The summed E-state index contributed by atoms with van der Waals surface area (Å²) in [6.07, 6.45) is 1.07. The van der Waals surface area contributed by atoms with Crippen molar-refractivity contribution in [3.05, 3.63) is 88.3 Å². The minimum Gasteiger partial charge on any atom is -0.491 e. The summed E-state index contributed by atoms with van der Waals surface area (Å²) in [5, 5.41) is 10.6. The number of halogens is 1. The van der Waals surface area contributed by atoms with Crippen LogP contribution in [0.3, 0.4) is 0 Å². The van der Waals surface area contributed by atoms with E-state index in [1.807, 2.05) is 36.4 Å². The Morgan fingerprint density at radius 2 is 1.72 bits per heavy atom. The van der Waals surface area contributed by atoms with Crippen molar-refractivity contribution in [2.45, 2.75) is 39.0 Å². The Hall–Kier alpha value is -2.08. The van der Waals surface area contributed by atoms with E-state index in [0.29, 0.717) is 19.0 Å². The predicted molar refractivity (Wildman–Crippen MR) is 119 cm³/mol. The van der Waals surface area contributed by atoms with Crippen LogP contribution in [-0.4, -0.2) is 29.3 Å². The summed E-state index contributed by atoms with van der Waals surface area (Å²) in [6, 6.07) is 20.1. The molecule has 0 amide bonds. The van der Waals surface area contributed by atoms with Crippen LogP contribution in [0.5, 0.6) is 5.75 Å². The standard InChI is InChI=1S/C24H28BrNO3/c1-18(2)20-7-5-19(6-8-20)14-26(16-24-4-3-13-28-24)15-22(27)17-29-23-11-9-21(25)10-12-23/h3-13,18,22,27H,14-17H2,1-2H3. The lowest BCUT2D eigenvalue weighted by Gasteiger charge is -2.24. The van der Waals surface area contributed by atoms with Crippen LogP contribution in [0.2, 0.25) is 0 Å². The highest BCUT2D eigenvalue weighted by Gasteiger charge is 2.15. The van der Waals surface area contributed by atoms with Gasteiger partial charge in [-0.2, -0.15) is 0 Å². The summed E-state index contributed by atoms with van der Waals surface area (Å²) < 4.78 is 12.2. The molecule has 0 aliphatic rings. The van der Waals surface area contributed by atoms with Gasteiger partial charge in [0.2, 0.25) is 0 Å². The van der Waals surface area contributed by atoms with Crippen LogP contribution in [0.15, 0.2) is 75.8 Å². The predicted octanol–water partition coefficient (Wildman–Crippen LogP) is 5.61. The zero-order chi connectivity index (χ0) is 20.6. The van der Waals surface area contributed by atoms with Crippen LogP contribution in [0.4, 0.5) is 0 Å². The molecule has 1 unspecified atom stereocenters. The summed E-state index contributed by atoms with van der Waals surface area (Å²) in [5.74, 6) is 2.14. The smallest absolute Gasteiger partial charge is 0.119 e. The van der Waals surface area contributed by atoms with Crippen molar-refractivity contribution in [3.8, 4) is 5.75 Å². The molecule has 0 spiro atoms. The molecule has 4 nitrogen and oxygen atoms in total. The molecule has 3 rings (SSSR count). The van der Waals surface area contributed by atoms with Crippen LogP contribution in [0.1, 0.15) is 36.7 Å². The molecule has 2 aromatic carbocycles. The minimum atomic E-state index is -0.608. The number of rotatable bonds is 10. The van der Waals surface area contributed by atoms with Crippen LogP contribution >= 0.6 is 15.9 Å². The first-order chi connectivity index (χ1) is 14.0. The molecule has 1 N–H and O–H groups in total. The van der Waals surface area contributed by atoms with Crippen LogP contribution in [-0.2, 0) is 13.1 Å². The van der Waals surface area contributed by atoms with Gasteiger partial charge in [0.15, 0.2) is 0 Å². The second-order valence-electron chi connectivity index (χ2n) is 7.56. The fourth-order valence-electron chi connectivity index (χ4n) is 3.15. The minimum absolute atomic E-state index is 0.239. The van der Waals surface area contributed by atoms with Gasteiger partial charge in [0.05, 0.1) is 12.8 Å². The molecule has 0 fully saturated rings. The Labute approximate surface area is 181 Å². The number of aliphatic hydroxyl groups is 1. The molecule has 0 radical (unpaired) electrons. The summed E-state index contributed by atoms with van der Waals surface area (Å²) in [6.45, 7) is 6.48. The molecule has 5 heteroatoms. The Balaban J connectivity index is 1.60. The highest BCUT2D eigenvalue weighted by atomic mass is 79.9. The summed E-state index contributed by atoms with van der Waals surface area (Å²) >= 11 is 3.41. The van der Waals surface area contributed by atoms with Crippen molar-refractivity contribution < 1.29 is 14.3 Å². The average molecular weight is 458 g/mol. The first-order valence-electron chi connectivity index (χ1n) is 9.89. The Morgan fingerprint density at radius 1 is 1.00 bits per heavy atom. The third-order valence-corrected chi connectivity index (χ3v) is 5.27. The van der Waals surface area contributed by atoms with E-state index in [-0.39, 0.29) is 6.61 Å². The SMILES string of the molecule is CC(C)c1ccc(CN(Cc2ccco2)CC(O)COc2ccc(Br)cc2)cc1. The Kier molecular flexibility index (Phi) is 7.92. The lowest BCUT2D eigenvalue weighted by Crippen LogP contribution is -2.35. The normalized spacial score (nSPS) is 12.5. The van der Waals surface area contributed by atoms with E-state index in [1.54, 1.807) is 6.26 Å². The fourth-order valence-corrected chi connectivity index (χ4v) is 3.41. The maximum Gasteiger partial charge on any atom is 0.119 e. The van der Waals surface area contributed by atoms with Gasteiger partial charge < -0.3 is 14.3 Å². The van der Waals surface area contributed by atoms with E-state index in [9.17, 15) is 5.11 Å². The van der Waals surface area contributed by atoms with Crippen LogP contribution in [0, 0.1) is 0 Å². The maximum atomic E-state index is 10.6. The van der Waals surface area contributed by atoms with Gasteiger partial charge in [0.25, 0.3) is 0 Å². The monoisotopic (exact) mass is 457 g/mol. The van der Waals surface area contributed by atoms with Gasteiger partial charge >= 0.3 is 0 Å². The Bertz CT molecular complexity index is 845. The van der Waals surface area contributed by atoms with Crippen molar-refractivity contribution in [1.29, 1.82) is 0 Å². The quantitative estimate of drug-likeness (QED) is 0.429. The molecule has 1 heterocycles. The lowest BCUT2D eigenvalue weighted by atomic mass is 10.0. The Morgan fingerprint density at radius 3 is 2.34 bits per heavy atom. The van der Waals surface area contributed by atoms with Crippen molar-refractivity contribution in [2.24, 2.45) is 0 Å². The van der Waals surface area contributed by atoms with E-state index in [2.05, 4.69) is 58.9 Å². The largest absolute Gasteiger partial charge is 0.491 e. The van der Waals surface area contributed by atoms with Gasteiger partial charge in [-0.3, -0.25) is 4.90 Å². The molecular formula is C24H28BrNO3. The molecule has 3 aromatic rings. The maximum absolute atomic E-state index is 10.6. The van der Waals surface area contributed by atoms with Gasteiger partial charge in [-0.25, -0.2) is 0 Å². The highest BCUT2D eigenvalue weighted by molar-refractivity contribution is 9.10. The highest BCUT2D eigenvalue weighted by Crippen LogP contribution is 2.18. The van der Waals surface area contributed by atoms with E-state index in [1.165, 1.54) is 11.1 Å². The van der Waals surface area contributed by atoms with Crippen LogP contribution in [0.25, 0.3) is 0 Å². The number of ether oxygens (including phenoxy) is 1. The molecule has 0 aliphatic heterocycles. The van der Waals surface area contributed by atoms with Gasteiger partial charge in [0.1, 0.15) is 24.2 Å². The molecule has 0 saturated heterocycles. The number of nitrogens with zero attached hydrogens (tertiary/aromatic N) is 1. The third-order valence-electron chi connectivity index (χ3n) is 4.74. The molecule has 154 valence electrons. The number of hydrogen-bond acceptors (Lipinski definition) is 4. The number of furan rings is 1.